The maximum absolute atomic E-state index is 4.31. The van der Waals surface area contributed by atoms with Crippen molar-refractivity contribution in [1.29, 1.82) is 0 Å². The fraction of sp³-hybridized carbons (Fsp3) is 0.800. The monoisotopic (exact) mass is 266 g/mol. The topological polar surface area (TPSA) is 33.1 Å². The Hall–Kier alpha value is -0.870. The van der Waals surface area contributed by atoms with Gasteiger partial charge in [0.05, 0.1) is 17.6 Å². The molecule has 0 aliphatic rings. The van der Waals surface area contributed by atoms with Crippen molar-refractivity contribution < 1.29 is 0 Å². The van der Waals surface area contributed by atoms with Crippen LogP contribution in [0.25, 0.3) is 0 Å². The van der Waals surface area contributed by atoms with Crippen molar-refractivity contribution in [1.82, 2.24) is 19.8 Å². The van der Waals surface area contributed by atoms with Gasteiger partial charge in [-0.2, -0.15) is 0 Å². The highest BCUT2D eigenvalue weighted by Gasteiger charge is 2.22. The highest BCUT2D eigenvalue weighted by molar-refractivity contribution is 5.10. The van der Waals surface area contributed by atoms with Crippen LogP contribution in [0.4, 0.5) is 0 Å². The van der Waals surface area contributed by atoms with E-state index in [0.717, 1.165) is 13.1 Å². The van der Waals surface area contributed by atoms with Crippen molar-refractivity contribution in [2.45, 2.75) is 65.7 Å². The zero-order valence-corrected chi connectivity index (χ0v) is 13.6. The van der Waals surface area contributed by atoms with Gasteiger partial charge in [0.1, 0.15) is 0 Å². The van der Waals surface area contributed by atoms with Crippen molar-refractivity contribution in [3.8, 4) is 0 Å². The summed E-state index contributed by atoms with van der Waals surface area (Å²) in [6, 6.07) is 1.15. The van der Waals surface area contributed by atoms with E-state index in [1.807, 2.05) is 19.6 Å². The summed E-state index contributed by atoms with van der Waals surface area (Å²) in [5.74, 6) is 0. The Morgan fingerprint density at radius 1 is 1.26 bits per heavy atom. The van der Waals surface area contributed by atoms with Gasteiger partial charge < -0.3 is 9.88 Å². The van der Waals surface area contributed by atoms with Gasteiger partial charge >= 0.3 is 0 Å². The molecule has 0 unspecified atom stereocenters. The van der Waals surface area contributed by atoms with Gasteiger partial charge in [0.25, 0.3) is 0 Å². The number of imidazole rings is 1. The predicted octanol–water partition coefficient (Wildman–Crippen LogP) is 2.46. The van der Waals surface area contributed by atoms with E-state index in [4.69, 9.17) is 0 Å². The lowest BCUT2D eigenvalue weighted by atomic mass is 10.0. The zero-order valence-electron chi connectivity index (χ0n) is 13.6. The minimum Gasteiger partial charge on any atom is -0.332 e. The summed E-state index contributed by atoms with van der Waals surface area (Å²) in [4.78, 5) is 6.82. The average Bonchev–Trinajstić information content (AvgIpc) is 2.77. The van der Waals surface area contributed by atoms with Gasteiger partial charge in [0.15, 0.2) is 0 Å². The molecule has 4 heteroatoms. The van der Waals surface area contributed by atoms with Gasteiger partial charge in [-0.15, -0.1) is 0 Å². The summed E-state index contributed by atoms with van der Waals surface area (Å²) < 4.78 is 2.26. The first-order chi connectivity index (χ1) is 8.79. The van der Waals surface area contributed by atoms with Crippen LogP contribution in [0.5, 0.6) is 0 Å². The SMILES string of the molecule is CNC(C)(C)c1cncn1CCN(C(C)C)C(C)C. The van der Waals surface area contributed by atoms with Crippen molar-refractivity contribution in [3.05, 3.63) is 18.2 Å². The lowest BCUT2D eigenvalue weighted by Crippen LogP contribution is -2.40. The fourth-order valence-corrected chi connectivity index (χ4v) is 2.48. The Morgan fingerprint density at radius 2 is 1.84 bits per heavy atom. The molecule has 0 fully saturated rings. The van der Waals surface area contributed by atoms with Gasteiger partial charge in [-0.3, -0.25) is 4.90 Å². The Labute approximate surface area is 118 Å². The summed E-state index contributed by atoms with van der Waals surface area (Å²) >= 11 is 0. The first-order valence-electron chi connectivity index (χ1n) is 7.25. The second-order valence-electron chi connectivity index (χ2n) is 6.27. The molecule has 0 radical (unpaired) electrons. The molecule has 110 valence electrons. The zero-order chi connectivity index (χ0) is 14.6. The van der Waals surface area contributed by atoms with E-state index < -0.39 is 0 Å². The molecule has 1 heterocycles. The van der Waals surface area contributed by atoms with E-state index in [2.05, 4.69) is 61.3 Å². The summed E-state index contributed by atoms with van der Waals surface area (Å²) in [7, 11) is 1.99. The molecule has 0 atom stereocenters. The van der Waals surface area contributed by atoms with Gasteiger partial charge in [-0.05, 0) is 48.6 Å². The van der Waals surface area contributed by atoms with Crippen LogP contribution >= 0.6 is 0 Å². The van der Waals surface area contributed by atoms with E-state index >= 15 is 0 Å². The number of nitrogens with zero attached hydrogens (tertiary/aromatic N) is 3. The Bertz CT molecular complexity index is 371. The van der Waals surface area contributed by atoms with Crippen LogP contribution in [0.1, 0.15) is 47.2 Å². The van der Waals surface area contributed by atoms with Gasteiger partial charge in [-0.25, -0.2) is 4.98 Å². The van der Waals surface area contributed by atoms with Crippen molar-refractivity contribution in [2.75, 3.05) is 13.6 Å². The Balaban J connectivity index is 2.76. The van der Waals surface area contributed by atoms with Crippen LogP contribution < -0.4 is 5.32 Å². The highest BCUT2D eigenvalue weighted by Crippen LogP contribution is 2.19. The standard InChI is InChI=1S/C15H30N4/c1-12(2)19(13(3)4)9-8-18-11-17-10-14(18)15(5,6)16-7/h10-13,16H,8-9H2,1-7H3. The van der Waals surface area contributed by atoms with E-state index in [1.165, 1.54) is 5.69 Å². The van der Waals surface area contributed by atoms with E-state index in [-0.39, 0.29) is 5.54 Å². The van der Waals surface area contributed by atoms with Gasteiger partial charge in [0, 0.05) is 31.4 Å². The lowest BCUT2D eigenvalue weighted by Gasteiger charge is -2.32. The summed E-state index contributed by atoms with van der Waals surface area (Å²) in [6.07, 6.45) is 3.90. The smallest absolute Gasteiger partial charge is 0.0949 e. The van der Waals surface area contributed by atoms with E-state index in [0.29, 0.717) is 12.1 Å². The van der Waals surface area contributed by atoms with Crippen LogP contribution in [-0.4, -0.2) is 40.1 Å². The number of hydrogen-bond acceptors (Lipinski definition) is 3. The molecule has 1 aromatic heterocycles. The molecule has 1 N–H and O–H groups in total. The number of rotatable bonds is 7. The van der Waals surface area contributed by atoms with Crippen molar-refractivity contribution >= 4 is 0 Å². The number of hydrogen-bond donors (Lipinski definition) is 1. The second-order valence-corrected chi connectivity index (χ2v) is 6.27. The predicted molar refractivity (Wildman–Crippen MR) is 81.3 cm³/mol. The molecule has 0 aromatic carbocycles. The van der Waals surface area contributed by atoms with Crippen LogP contribution in [-0.2, 0) is 12.1 Å². The minimum atomic E-state index is -0.0447. The average molecular weight is 266 g/mol. The largest absolute Gasteiger partial charge is 0.332 e. The molecule has 0 spiro atoms. The molecule has 19 heavy (non-hydrogen) atoms. The molecule has 0 aliphatic carbocycles. The minimum absolute atomic E-state index is 0.0447. The van der Waals surface area contributed by atoms with Crippen LogP contribution in [0.3, 0.4) is 0 Å². The van der Waals surface area contributed by atoms with Crippen molar-refractivity contribution in [3.63, 3.8) is 0 Å². The molecule has 1 aromatic rings. The maximum Gasteiger partial charge on any atom is 0.0949 e. The third-order valence-corrected chi connectivity index (χ3v) is 3.90. The quantitative estimate of drug-likeness (QED) is 0.823. The second kappa shape index (κ2) is 6.53. The first-order valence-corrected chi connectivity index (χ1v) is 7.25. The Kier molecular flexibility index (Phi) is 5.56. The fourth-order valence-electron chi connectivity index (χ4n) is 2.48. The number of nitrogens with one attached hydrogen (secondary N) is 1. The Morgan fingerprint density at radius 3 is 2.32 bits per heavy atom. The highest BCUT2D eigenvalue weighted by atomic mass is 15.2. The molecule has 1 rings (SSSR count). The molecular weight excluding hydrogens is 236 g/mol. The molecule has 0 amide bonds. The summed E-state index contributed by atoms with van der Waals surface area (Å²) in [5.41, 5.74) is 1.19. The van der Waals surface area contributed by atoms with Crippen LogP contribution in [0, 0.1) is 0 Å². The van der Waals surface area contributed by atoms with Crippen LogP contribution in [0.2, 0.25) is 0 Å². The normalized spacial score (nSPS) is 12.9. The van der Waals surface area contributed by atoms with E-state index in [9.17, 15) is 0 Å². The van der Waals surface area contributed by atoms with Gasteiger partial charge in [-0.1, -0.05) is 0 Å². The first kappa shape index (κ1) is 16.2. The van der Waals surface area contributed by atoms with Crippen LogP contribution in [0.15, 0.2) is 12.5 Å². The molecule has 0 saturated heterocycles. The van der Waals surface area contributed by atoms with Gasteiger partial charge in [0.2, 0.25) is 0 Å². The van der Waals surface area contributed by atoms with Crippen molar-refractivity contribution in [2.24, 2.45) is 0 Å². The third-order valence-electron chi connectivity index (χ3n) is 3.90. The molecule has 0 saturated carbocycles. The number of aromatic nitrogens is 2. The maximum atomic E-state index is 4.31. The molecule has 0 bridgehead atoms. The molecule has 0 aliphatic heterocycles. The third kappa shape index (κ3) is 4.05. The summed E-state index contributed by atoms with van der Waals surface area (Å²) in [6.45, 7) is 15.4. The summed E-state index contributed by atoms with van der Waals surface area (Å²) in [5, 5.41) is 3.34. The lowest BCUT2D eigenvalue weighted by molar-refractivity contribution is 0.167. The molecular formula is C15H30N4. The molecule has 4 nitrogen and oxygen atoms in total. The van der Waals surface area contributed by atoms with E-state index in [1.54, 1.807) is 0 Å².